The van der Waals surface area contributed by atoms with Crippen molar-refractivity contribution in [1.29, 1.82) is 0 Å². The number of ether oxygens (including phenoxy) is 1. The summed E-state index contributed by atoms with van der Waals surface area (Å²) in [4.78, 5) is 3.30. The monoisotopic (exact) mass is 389 g/mol. The van der Waals surface area contributed by atoms with E-state index in [2.05, 4.69) is 11.1 Å². The topological polar surface area (TPSA) is 65.6 Å². The Balaban J connectivity index is 1.57. The average molecular weight is 390 g/mol. The van der Waals surface area contributed by atoms with Crippen LogP contribution in [0.4, 0.5) is 0 Å². The summed E-state index contributed by atoms with van der Waals surface area (Å²) in [6.45, 7) is 3.60. The van der Waals surface area contributed by atoms with Crippen LogP contribution in [0.5, 0.6) is 5.75 Å². The minimum atomic E-state index is -3.39. The lowest BCUT2D eigenvalue weighted by atomic mass is 9.99. The fourth-order valence-corrected chi connectivity index (χ4v) is 5.96. The van der Waals surface area contributed by atoms with Crippen molar-refractivity contribution in [1.82, 2.24) is 13.6 Å². The highest BCUT2D eigenvalue weighted by molar-refractivity contribution is 7.86. The molecule has 1 fully saturated rings. The molecule has 0 aliphatic carbocycles. The Morgan fingerprint density at radius 2 is 2.07 bits per heavy atom. The van der Waals surface area contributed by atoms with Crippen molar-refractivity contribution >= 4 is 26.7 Å². The van der Waals surface area contributed by atoms with Crippen molar-refractivity contribution < 1.29 is 13.2 Å². The molecule has 4 rings (SSSR count). The number of piperidine rings is 1. The van der Waals surface area contributed by atoms with Crippen molar-refractivity contribution in [3.05, 3.63) is 36.0 Å². The molecule has 1 aromatic carbocycles. The van der Waals surface area contributed by atoms with E-state index in [4.69, 9.17) is 4.74 Å². The third-order valence-electron chi connectivity index (χ3n) is 5.77. The molecule has 2 aromatic rings. The molecule has 3 heterocycles. The van der Waals surface area contributed by atoms with Gasteiger partial charge < -0.3 is 9.72 Å². The number of rotatable bonds is 4. The van der Waals surface area contributed by atoms with Gasteiger partial charge in [-0.05, 0) is 50.0 Å². The maximum atomic E-state index is 13.0. The minimum Gasteiger partial charge on any atom is -0.497 e. The molecule has 0 bridgehead atoms. The van der Waals surface area contributed by atoms with Crippen LogP contribution in [0, 0.1) is 0 Å². The molecule has 0 spiro atoms. The molecule has 0 saturated carbocycles. The van der Waals surface area contributed by atoms with Crippen LogP contribution >= 0.6 is 0 Å². The first-order chi connectivity index (χ1) is 13.0. The summed E-state index contributed by atoms with van der Waals surface area (Å²) < 4.78 is 34.7. The number of hydrogen-bond acceptors (Lipinski definition) is 3. The highest BCUT2D eigenvalue weighted by atomic mass is 32.2. The van der Waals surface area contributed by atoms with E-state index in [1.807, 2.05) is 31.3 Å². The van der Waals surface area contributed by atoms with E-state index in [1.54, 1.807) is 15.7 Å². The number of H-pyrrole nitrogens is 1. The van der Waals surface area contributed by atoms with Gasteiger partial charge in [0.25, 0.3) is 10.2 Å². The Morgan fingerprint density at radius 3 is 2.78 bits per heavy atom. The summed E-state index contributed by atoms with van der Waals surface area (Å²) in [7, 11) is -1.72. The number of nitrogens with one attached hydrogen (secondary N) is 1. The molecular weight excluding hydrogens is 362 g/mol. The molecule has 1 saturated heterocycles. The lowest BCUT2D eigenvalue weighted by Gasteiger charge is -2.37. The van der Waals surface area contributed by atoms with E-state index < -0.39 is 10.2 Å². The van der Waals surface area contributed by atoms with Crippen molar-refractivity contribution in [2.24, 2.45) is 0 Å². The Kier molecular flexibility index (Phi) is 5.01. The summed E-state index contributed by atoms with van der Waals surface area (Å²) in [6.07, 6.45) is 7.79. The van der Waals surface area contributed by atoms with Gasteiger partial charge in [-0.15, -0.1) is 0 Å². The van der Waals surface area contributed by atoms with E-state index >= 15 is 0 Å². The molecule has 6 nitrogen and oxygen atoms in total. The zero-order chi connectivity index (χ0) is 19.0. The Labute approximate surface area is 161 Å². The molecule has 1 atom stereocenters. The molecule has 0 radical (unpaired) electrons. The quantitative estimate of drug-likeness (QED) is 0.872. The molecule has 0 amide bonds. The predicted molar refractivity (Wildman–Crippen MR) is 108 cm³/mol. The van der Waals surface area contributed by atoms with Gasteiger partial charge in [0.1, 0.15) is 5.75 Å². The molecule has 2 aliphatic heterocycles. The largest absolute Gasteiger partial charge is 0.497 e. The summed E-state index contributed by atoms with van der Waals surface area (Å²) in [5.74, 6) is 0.822. The van der Waals surface area contributed by atoms with Gasteiger partial charge in [-0.3, -0.25) is 0 Å². The van der Waals surface area contributed by atoms with Crippen LogP contribution < -0.4 is 4.74 Å². The summed E-state index contributed by atoms with van der Waals surface area (Å²) in [6, 6.07) is 6.07. The molecule has 146 valence electrons. The van der Waals surface area contributed by atoms with E-state index in [9.17, 15) is 8.42 Å². The highest BCUT2D eigenvalue weighted by Crippen LogP contribution is 2.33. The van der Waals surface area contributed by atoms with Crippen molar-refractivity contribution in [3.63, 3.8) is 0 Å². The van der Waals surface area contributed by atoms with Gasteiger partial charge in [0, 0.05) is 48.3 Å². The van der Waals surface area contributed by atoms with E-state index in [0.717, 1.165) is 41.5 Å². The van der Waals surface area contributed by atoms with Gasteiger partial charge in [0.2, 0.25) is 0 Å². The predicted octanol–water partition coefficient (Wildman–Crippen LogP) is 3.38. The number of methoxy groups -OCH3 is 1. The molecule has 27 heavy (non-hydrogen) atoms. The second-order valence-electron chi connectivity index (χ2n) is 7.41. The number of nitrogens with zero attached hydrogens (tertiary/aromatic N) is 2. The van der Waals surface area contributed by atoms with Gasteiger partial charge >= 0.3 is 0 Å². The maximum Gasteiger partial charge on any atom is 0.282 e. The minimum absolute atomic E-state index is 0.0928. The second-order valence-corrected chi connectivity index (χ2v) is 9.30. The molecule has 1 aromatic heterocycles. The zero-order valence-corrected chi connectivity index (χ0v) is 16.8. The normalized spacial score (nSPS) is 22.7. The first-order valence-electron chi connectivity index (χ1n) is 9.62. The van der Waals surface area contributed by atoms with Crippen molar-refractivity contribution in [2.45, 2.75) is 38.6 Å². The van der Waals surface area contributed by atoms with Crippen molar-refractivity contribution in [3.8, 4) is 5.75 Å². The van der Waals surface area contributed by atoms with Crippen LogP contribution in [0.25, 0.3) is 16.5 Å². The Hall–Kier alpha value is -1.83. The Morgan fingerprint density at radius 1 is 1.22 bits per heavy atom. The van der Waals surface area contributed by atoms with Gasteiger partial charge in [0.05, 0.1) is 7.11 Å². The number of benzene rings is 1. The smallest absolute Gasteiger partial charge is 0.282 e. The third-order valence-corrected chi connectivity index (χ3v) is 7.89. The second kappa shape index (κ2) is 7.30. The van der Waals surface area contributed by atoms with Gasteiger partial charge in [0.15, 0.2) is 0 Å². The van der Waals surface area contributed by atoms with Crippen LogP contribution in [0.15, 0.2) is 30.5 Å². The van der Waals surface area contributed by atoms with Crippen LogP contribution in [-0.4, -0.2) is 54.8 Å². The highest BCUT2D eigenvalue weighted by Gasteiger charge is 2.35. The van der Waals surface area contributed by atoms with Gasteiger partial charge in [-0.25, -0.2) is 0 Å². The van der Waals surface area contributed by atoms with E-state index in [-0.39, 0.29) is 6.04 Å². The lowest BCUT2D eigenvalue weighted by Crippen LogP contribution is -2.50. The van der Waals surface area contributed by atoms with Gasteiger partial charge in [-0.2, -0.15) is 17.0 Å². The molecule has 2 aliphatic rings. The summed E-state index contributed by atoms with van der Waals surface area (Å²) in [5, 5.41) is 1.11. The molecule has 1 N–H and O–H groups in total. The van der Waals surface area contributed by atoms with Crippen molar-refractivity contribution in [2.75, 3.05) is 26.7 Å². The standard InChI is InChI=1S/C20H27N3O3S/c1-15-5-3-4-10-23(15)27(24,25)22-11-8-16(9-12-22)19-14-21-20-7-6-17(26-2)13-18(19)20/h6-8,13-15,21H,3-5,9-12H2,1-2H3. The number of hydrogen-bond donors (Lipinski definition) is 1. The molecule has 1 unspecified atom stereocenters. The average Bonchev–Trinajstić information content (AvgIpc) is 3.11. The lowest BCUT2D eigenvalue weighted by molar-refractivity contribution is 0.247. The Bertz CT molecular complexity index is 964. The van der Waals surface area contributed by atoms with Crippen LogP contribution in [-0.2, 0) is 10.2 Å². The zero-order valence-electron chi connectivity index (χ0n) is 15.9. The fourth-order valence-electron chi connectivity index (χ4n) is 4.16. The first-order valence-corrected chi connectivity index (χ1v) is 11.0. The third kappa shape index (κ3) is 3.39. The first kappa shape index (κ1) is 18.5. The molecular formula is C20H27N3O3S. The number of aromatic nitrogens is 1. The molecule has 7 heteroatoms. The number of fused-ring (bicyclic) bond motifs is 1. The SMILES string of the molecule is COc1ccc2[nH]cc(C3=CCN(S(=O)(=O)N4CCCCC4C)CC3)c2c1. The fraction of sp³-hybridized carbons (Fsp3) is 0.500. The van der Waals surface area contributed by atoms with Crippen LogP contribution in [0.1, 0.15) is 38.2 Å². The van der Waals surface area contributed by atoms with Crippen LogP contribution in [0.2, 0.25) is 0 Å². The number of aromatic amines is 1. The maximum absolute atomic E-state index is 13.0. The van der Waals surface area contributed by atoms with Crippen LogP contribution in [0.3, 0.4) is 0 Å². The van der Waals surface area contributed by atoms with E-state index in [0.29, 0.717) is 26.1 Å². The van der Waals surface area contributed by atoms with E-state index in [1.165, 1.54) is 5.57 Å². The van der Waals surface area contributed by atoms with Gasteiger partial charge in [-0.1, -0.05) is 12.5 Å². The summed E-state index contributed by atoms with van der Waals surface area (Å²) in [5.41, 5.74) is 3.38. The summed E-state index contributed by atoms with van der Waals surface area (Å²) >= 11 is 0.